The summed E-state index contributed by atoms with van der Waals surface area (Å²) in [7, 11) is 0. The summed E-state index contributed by atoms with van der Waals surface area (Å²) >= 11 is 3.34. The Kier molecular flexibility index (Phi) is 4.55. The Bertz CT molecular complexity index is 589. The second-order valence-corrected chi connectivity index (χ2v) is 6.61. The first-order valence-electron chi connectivity index (χ1n) is 6.41. The zero-order valence-corrected chi connectivity index (χ0v) is 13.4. The van der Waals surface area contributed by atoms with Crippen molar-refractivity contribution in [1.29, 1.82) is 0 Å². The maximum absolute atomic E-state index is 13.7. The summed E-state index contributed by atoms with van der Waals surface area (Å²) in [5.41, 5.74) is 0.599. The predicted molar refractivity (Wildman–Crippen MR) is 79.8 cm³/mol. The molecule has 1 heterocycles. The summed E-state index contributed by atoms with van der Waals surface area (Å²) in [5, 5.41) is 7.66. The van der Waals surface area contributed by atoms with E-state index in [0.29, 0.717) is 24.5 Å². The predicted octanol–water partition coefficient (Wildman–Crippen LogP) is 3.12. The van der Waals surface area contributed by atoms with Crippen LogP contribution in [-0.2, 0) is 13.1 Å². The summed E-state index contributed by atoms with van der Waals surface area (Å²) in [6.07, 6.45) is 1.63. The molecule has 0 saturated carbocycles. The molecule has 2 rings (SSSR count). The summed E-state index contributed by atoms with van der Waals surface area (Å²) in [4.78, 5) is 4.22. The maximum atomic E-state index is 13.7. The molecule has 1 N–H and O–H groups in total. The molecule has 0 amide bonds. The fourth-order valence-corrected chi connectivity index (χ4v) is 2.08. The first kappa shape index (κ1) is 15.1. The molecule has 0 radical (unpaired) electrons. The van der Waals surface area contributed by atoms with Crippen molar-refractivity contribution in [3.05, 3.63) is 46.2 Å². The lowest BCUT2D eigenvalue weighted by atomic mass is 10.1. The molecule has 0 spiro atoms. The number of hydrogen-bond donors (Lipinski definition) is 1. The molecular formula is C14H18BrFN4. The van der Waals surface area contributed by atoms with E-state index >= 15 is 0 Å². The standard InChI is InChI=1S/C14H18BrFN4/c1-14(2,3)18-7-13-17-9-20(19-13)8-10-6-11(15)4-5-12(10)16/h4-6,9,18H,7-8H2,1-3H3. The van der Waals surface area contributed by atoms with Gasteiger partial charge >= 0.3 is 0 Å². The number of halogens is 2. The zero-order chi connectivity index (χ0) is 14.8. The van der Waals surface area contributed by atoms with Gasteiger partial charge in [-0.25, -0.2) is 14.1 Å². The van der Waals surface area contributed by atoms with Gasteiger partial charge in [-0.15, -0.1) is 0 Å². The second-order valence-electron chi connectivity index (χ2n) is 5.70. The van der Waals surface area contributed by atoms with E-state index in [9.17, 15) is 4.39 Å². The van der Waals surface area contributed by atoms with Gasteiger partial charge in [0.05, 0.1) is 13.1 Å². The maximum Gasteiger partial charge on any atom is 0.164 e. The Labute approximate surface area is 126 Å². The highest BCUT2D eigenvalue weighted by Crippen LogP contribution is 2.16. The van der Waals surface area contributed by atoms with Crippen LogP contribution < -0.4 is 5.32 Å². The van der Waals surface area contributed by atoms with Gasteiger partial charge in [-0.1, -0.05) is 15.9 Å². The topological polar surface area (TPSA) is 42.7 Å². The van der Waals surface area contributed by atoms with Gasteiger partial charge in [0.25, 0.3) is 0 Å². The molecule has 4 nitrogen and oxygen atoms in total. The molecule has 0 aliphatic rings. The Morgan fingerprint density at radius 3 is 2.80 bits per heavy atom. The number of benzene rings is 1. The third-order valence-electron chi connectivity index (χ3n) is 2.70. The number of rotatable bonds is 4. The molecule has 108 valence electrons. The lowest BCUT2D eigenvalue weighted by molar-refractivity contribution is 0.417. The minimum absolute atomic E-state index is 0.0157. The number of hydrogen-bond acceptors (Lipinski definition) is 3. The quantitative estimate of drug-likeness (QED) is 0.929. The third kappa shape index (κ3) is 4.38. The molecule has 20 heavy (non-hydrogen) atoms. The summed E-state index contributed by atoms with van der Waals surface area (Å²) in [6.45, 7) is 7.22. The fourth-order valence-electron chi connectivity index (χ4n) is 1.67. The molecule has 0 fully saturated rings. The van der Waals surface area contributed by atoms with Gasteiger partial charge in [0.15, 0.2) is 5.82 Å². The third-order valence-corrected chi connectivity index (χ3v) is 3.19. The normalized spacial score (nSPS) is 11.8. The lowest BCUT2D eigenvalue weighted by Crippen LogP contribution is -2.35. The van der Waals surface area contributed by atoms with Gasteiger partial charge in [0.2, 0.25) is 0 Å². The minimum atomic E-state index is -0.238. The van der Waals surface area contributed by atoms with Gasteiger partial charge in [0, 0.05) is 15.6 Å². The van der Waals surface area contributed by atoms with Crippen LogP contribution in [0.25, 0.3) is 0 Å². The van der Waals surface area contributed by atoms with Gasteiger partial charge < -0.3 is 5.32 Å². The molecule has 0 saturated heterocycles. The number of nitrogens with one attached hydrogen (secondary N) is 1. The summed E-state index contributed by atoms with van der Waals surface area (Å²) in [5.74, 6) is 0.466. The molecule has 0 aliphatic carbocycles. The Morgan fingerprint density at radius 2 is 2.10 bits per heavy atom. The van der Waals surface area contributed by atoms with Crippen LogP contribution in [0.1, 0.15) is 32.2 Å². The van der Waals surface area contributed by atoms with E-state index in [2.05, 4.69) is 52.1 Å². The van der Waals surface area contributed by atoms with Crippen molar-refractivity contribution in [3.63, 3.8) is 0 Å². The molecule has 1 aromatic carbocycles. The molecule has 0 aliphatic heterocycles. The minimum Gasteiger partial charge on any atom is -0.305 e. The molecular weight excluding hydrogens is 323 g/mol. The Balaban J connectivity index is 2.04. The highest BCUT2D eigenvalue weighted by atomic mass is 79.9. The van der Waals surface area contributed by atoms with Crippen molar-refractivity contribution in [2.24, 2.45) is 0 Å². The van der Waals surface area contributed by atoms with Crippen molar-refractivity contribution >= 4 is 15.9 Å². The van der Waals surface area contributed by atoms with E-state index in [0.717, 1.165) is 4.47 Å². The van der Waals surface area contributed by atoms with Crippen LogP contribution in [0.3, 0.4) is 0 Å². The largest absolute Gasteiger partial charge is 0.305 e. The number of aromatic nitrogens is 3. The summed E-state index contributed by atoms with van der Waals surface area (Å²) in [6, 6.07) is 4.88. The van der Waals surface area contributed by atoms with Crippen LogP contribution in [-0.4, -0.2) is 20.3 Å². The average molecular weight is 341 g/mol. The van der Waals surface area contributed by atoms with E-state index in [1.54, 1.807) is 23.1 Å². The van der Waals surface area contributed by atoms with Gasteiger partial charge in [-0.05, 0) is 39.0 Å². The van der Waals surface area contributed by atoms with Crippen LogP contribution in [0.5, 0.6) is 0 Å². The van der Waals surface area contributed by atoms with E-state index < -0.39 is 0 Å². The molecule has 0 atom stereocenters. The van der Waals surface area contributed by atoms with Crippen molar-refractivity contribution in [2.75, 3.05) is 0 Å². The van der Waals surface area contributed by atoms with Gasteiger partial charge in [-0.2, -0.15) is 5.10 Å². The fraction of sp³-hybridized carbons (Fsp3) is 0.429. The first-order chi connectivity index (χ1) is 9.33. The van der Waals surface area contributed by atoms with E-state index in [1.807, 2.05) is 0 Å². The molecule has 0 bridgehead atoms. The van der Waals surface area contributed by atoms with Crippen LogP contribution in [0.15, 0.2) is 29.0 Å². The van der Waals surface area contributed by atoms with Crippen molar-refractivity contribution in [3.8, 4) is 0 Å². The molecule has 1 aromatic heterocycles. The van der Waals surface area contributed by atoms with Crippen LogP contribution in [0, 0.1) is 5.82 Å². The van der Waals surface area contributed by atoms with Crippen molar-refractivity contribution in [1.82, 2.24) is 20.1 Å². The molecule has 6 heteroatoms. The first-order valence-corrected chi connectivity index (χ1v) is 7.20. The SMILES string of the molecule is CC(C)(C)NCc1ncn(Cc2cc(Br)ccc2F)n1. The van der Waals surface area contributed by atoms with Gasteiger partial charge in [0.1, 0.15) is 12.1 Å². The highest BCUT2D eigenvalue weighted by molar-refractivity contribution is 9.10. The van der Waals surface area contributed by atoms with Crippen molar-refractivity contribution < 1.29 is 4.39 Å². The smallest absolute Gasteiger partial charge is 0.164 e. The Hall–Kier alpha value is -1.27. The monoisotopic (exact) mass is 340 g/mol. The van der Waals surface area contributed by atoms with Gasteiger partial charge in [-0.3, -0.25) is 0 Å². The second kappa shape index (κ2) is 6.01. The average Bonchev–Trinajstić information content (AvgIpc) is 2.78. The van der Waals surface area contributed by atoms with Crippen LogP contribution in [0.2, 0.25) is 0 Å². The van der Waals surface area contributed by atoms with Crippen molar-refractivity contribution in [2.45, 2.75) is 39.4 Å². The molecule has 2 aromatic rings. The highest BCUT2D eigenvalue weighted by Gasteiger charge is 2.11. The van der Waals surface area contributed by atoms with E-state index in [-0.39, 0.29) is 11.4 Å². The van der Waals surface area contributed by atoms with Crippen LogP contribution >= 0.6 is 15.9 Å². The molecule has 0 unspecified atom stereocenters. The lowest BCUT2D eigenvalue weighted by Gasteiger charge is -2.19. The zero-order valence-electron chi connectivity index (χ0n) is 11.8. The van der Waals surface area contributed by atoms with E-state index in [1.165, 1.54) is 6.07 Å². The summed E-state index contributed by atoms with van der Waals surface area (Å²) < 4.78 is 16.2. The van der Waals surface area contributed by atoms with E-state index in [4.69, 9.17) is 0 Å². The Morgan fingerprint density at radius 1 is 1.35 bits per heavy atom. The van der Waals surface area contributed by atoms with Crippen LogP contribution in [0.4, 0.5) is 4.39 Å². The number of nitrogens with zero attached hydrogens (tertiary/aromatic N) is 3.